The van der Waals surface area contributed by atoms with Crippen LogP contribution in [0.2, 0.25) is 0 Å². The Labute approximate surface area is 46.1 Å². The molecule has 0 saturated heterocycles. The molecular weight excluding hydrogens is 108 g/mol. The van der Waals surface area contributed by atoms with Crippen LogP contribution in [0.1, 0.15) is 0 Å². The van der Waals surface area contributed by atoms with Gasteiger partial charge in [0.1, 0.15) is 5.94 Å². The average molecular weight is 112 g/mol. The molecule has 0 aromatic rings. The summed E-state index contributed by atoms with van der Waals surface area (Å²) in [6.07, 6.45) is 1.79. The molecule has 0 atom stereocenters. The van der Waals surface area contributed by atoms with E-state index in [0.717, 1.165) is 11.3 Å². The van der Waals surface area contributed by atoms with Crippen molar-refractivity contribution in [1.29, 1.82) is 0 Å². The molecule has 36 valence electrons. The fourth-order valence-electron chi connectivity index (χ4n) is 0.380. The summed E-state index contributed by atoms with van der Waals surface area (Å²) < 4.78 is 0. The Kier molecular flexibility index (Phi) is 1.35. The molecule has 2 heteroatoms. The molecule has 0 amide bonds. The molecule has 0 spiro atoms. The summed E-state index contributed by atoms with van der Waals surface area (Å²) in [5, 5.41) is 1.90. The van der Waals surface area contributed by atoms with E-state index < -0.39 is 0 Å². The van der Waals surface area contributed by atoms with Gasteiger partial charge in [-0.25, -0.2) is 4.79 Å². The number of allylic oxidation sites excluding steroid dienone is 1. The largest absolute Gasteiger partial charge is 0.233 e. The van der Waals surface area contributed by atoms with Crippen molar-refractivity contribution in [3.05, 3.63) is 17.1 Å². The fraction of sp³-hybridized carbons (Fsp3) is 0.200. The van der Waals surface area contributed by atoms with Crippen LogP contribution in [0.5, 0.6) is 0 Å². The van der Waals surface area contributed by atoms with Gasteiger partial charge < -0.3 is 0 Å². The molecule has 1 aliphatic heterocycles. The summed E-state index contributed by atoms with van der Waals surface area (Å²) >= 11 is 1.63. The van der Waals surface area contributed by atoms with E-state index in [1.807, 2.05) is 11.3 Å². The Morgan fingerprint density at radius 1 is 1.86 bits per heavy atom. The summed E-state index contributed by atoms with van der Waals surface area (Å²) in [6, 6.07) is 0. The molecule has 0 saturated carbocycles. The van der Waals surface area contributed by atoms with Crippen LogP contribution in [0.15, 0.2) is 17.1 Å². The highest BCUT2D eigenvalue weighted by atomic mass is 32.2. The molecule has 7 heavy (non-hydrogen) atoms. The monoisotopic (exact) mass is 112 g/mol. The molecule has 0 aromatic carbocycles. The van der Waals surface area contributed by atoms with Crippen molar-refractivity contribution in [2.75, 3.05) is 5.75 Å². The lowest BCUT2D eigenvalue weighted by atomic mass is 10.4. The first-order chi connectivity index (χ1) is 3.43. The van der Waals surface area contributed by atoms with Gasteiger partial charge in [-0.3, -0.25) is 0 Å². The van der Waals surface area contributed by atoms with Gasteiger partial charge in [-0.1, -0.05) is 0 Å². The smallest absolute Gasteiger partial charge is 0.128 e. The van der Waals surface area contributed by atoms with Crippen molar-refractivity contribution < 1.29 is 4.79 Å². The van der Waals surface area contributed by atoms with Crippen LogP contribution in [-0.2, 0) is 4.79 Å². The van der Waals surface area contributed by atoms with Gasteiger partial charge in [0, 0.05) is 11.3 Å². The highest BCUT2D eigenvalue weighted by molar-refractivity contribution is 8.02. The van der Waals surface area contributed by atoms with Crippen LogP contribution >= 0.6 is 11.8 Å². The SMILES string of the molecule is O=C=C1C=CSC1. The van der Waals surface area contributed by atoms with Crippen LogP contribution < -0.4 is 0 Å². The minimum atomic E-state index is 0.769. The highest BCUT2D eigenvalue weighted by Crippen LogP contribution is 2.16. The normalized spacial score (nSPS) is 17.4. The Balaban J connectivity index is 2.77. The van der Waals surface area contributed by atoms with Crippen molar-refractivity contribution in [1.82, 2.24) is 0 Å². The van der Waals surface area contributed by atoms with Gasteiger partial charge >= 0.3 is 0 Å². The van der Waals surface area contributed by atoms with Crippen LogP contribution in [0, 0.1) is 0 Å². The maximum absolute atomic E-state index is 9.78. The number of hydrogen-bond acceptors (Lipinski definition) is 2. The summed E-state index contributed by atoms with van der Waals surface area (Å²) in [7, 11) is 0. The quantitative estimate of drug-likeness (QED) is 0.435. The number of carbonyl (C=O) groups excluding carboxylic acids is 1. The molecule has 0 N–H and O–H groups in total. The second kappa shape index (κ2) is 2.01. The summed E-state index contributed by atoms with van der Waals surface area (Å²) in [5.41, 5.74) is 0.769. The zero-order valence-electron chi connectivity index (χ0n) is 3.68. The Morgan fingerprint density at radius 2 is 2.71 bits per heavy atom. The predicted octanol–water partition coefficient (Wildman–Crippen LogP) is 1.00. The number of hydrogen-bond donors (Lipinski definition) is 0. The van der Waals surface area contributed by atoms with Crippen LogP contribution in [0.25, 0.3) is 0 Å². The fourth-order valence-corrected chi connectivity index (χ4v) is 1.07. The topological polar surface area (TPSA) is 17.1 Å². The molecule has 0 fully saturated rings. The molecule has 1 nitrogen and oxygen atoms in total. The maximum Gasteiger partial charge on any atom is 0.128 e. The van der Waals surface area contributed by atoms with Gasteiger partial charge in [-0.2, -0.15) is 0 Å². The molecular formula is C5H4OS. The summed E-state index contributed by atoms with van der Waals surface area (Å²) in [4.78, 5) is 9.78. The Hall–Kier alpha value is -0.460. The first-order valence-electron chi connectivity index (χ1n) is 1.95. The van der Waals surface area contributed by atoms with E-state index in [1.165, 1.54) is 0 Å². The standard InChI is InChI=1S/C5H4OS/c6-3-5-1-2-7-4-5/h1-2H,4H2. The molecule has 0 bridgehead atoms. The third kappa shape index (κ3) is 0.952. The third-order valence-electron chi connectivity index (χ3n) is 0.735. The van der Waals surface area contributed by atoms with Crippen LogP contribution in [-0.4, -0.2) is 11.7 Å². The lowest BCUT2D eigenvalue weighted by Gasteiger charge is -1.75. The number of thioether (sulfide) groups is 1. The van der Waals surface area contributed by atoms with Gasteiger partial charge in [0.05, 0.1) is 0 Å². The molecule has 0 aliphatic carbocycles. The lowest BCUT2D eigenvalue weighted by molar-refractivity contribution is 0.568. The van der Waals surface area contributed by atoms with Crippen LogP contribution in [0.3, 0.4) is 0 Å². The van der Waals surface area contributed by atoms with Crippen molar-refractivity contribution in [3.63, 3.8) is 0 Å². The minimum Gasteiger partial charge on any atom is -0.233 e. The molecule has 0 unspecified atom stereocenters. The van der Waals surface area contributed by atoms with Gasteiger partial charge in [-0.05, 0) is 11.5 Å². The zero-order valence-corrected chi connectivity index (χ0v) is 4.49. The van der Waals surface area contributed by atoms with Gasteiger partial charge in [0.15, 0.2) is 0 Å². The molecule has 1 heterocycles. The van der Waals surface area contributed by atoms with E-state index in [-0.39, 0.29) is 0 Å². The van der Waals surface area contributed by atoms with E-state index >= 15 is 0 Å². The van der Waals surface area contributed by atoms with Gasteiger partial charge in [0.25, 0.3) is 0 Å². The Bertz CT molecular complexity index is 142. The maximum atomic E-state index is 9.78. The van der Waals surface area contributed by atoms with Gasteiger partial charge in [-0.15, -0.1) is 11.8 Å². The molecule has 1 aliphatic rings. The Morgan fingerprint density at radius 3 is 3.00 bits per heavy atom. The van der Waals surface area contributed by atoms with E-state index in [4.69, 9.17) is 0 Å². The second-order valence-electron chi connectivity index (χ2n) is 1.24. The second-order valence-corrected chi connectivity index (χ2v) is 2.14. The van der Waals surface area contributed by atoms with E-state index in [9.17, 15) is 4.79 Å². The van der Waals surface area contributed by atoms with E-state index in [1.54, 1.807) is 17.8 Å². The van der Waals surface area contributed by atoms with E-state index in [2.05, 4.69) is 0 Å². The number of rotatable bonds is 0. The van der Waals surface area contributed by atoms with Crippen molar-refractivity contribution in [3.8, 4) is 0 Å². The zero-order chi connectivity index (χ0) is 5.11. The lowest BCUT2D eigenvalue weighted by Crippen LogP contribution is -1.72. The molecule has 0 radical (unpaired) electrons. The van der Waals surface area contributed by atoms with Crippen molar-refractivity contribution in [2.24, 2.45) is 0 Å². The third-order valence-corrected chi connectivity index (χ3v) is 1.54. The van der Waals surface area contributed by atoms with Crippen molar-refractivity contribution in [2.45, 2.75) is 0 Å². The molecule has 1 rings (SSSR count). The summed E-state index contributed by atoms with van der Waals surface area (Å²) in [6.45, 7) is 0. The van der Waals surface area contributed by atoms with E-state index in [0.29, 0.717) is 0 Å². The molecule has 0 aromatic heterocycles. The first kappa shape index (κ1) is 4.69. The van der Waals surface area contributed by atoms with Crippen molar-refractivity contribution >= 4 is 17.7 Å². The minimum absolute atomic E-state index is 0.769. The van der Waals surface area contributed by atoms with Crippen LogP contribution in [0.4, 0.5) is 0 Å². The predicted molar refractivity (Wildman–Crippen MR) is 30.8 cm³/mol. The summed E-state index contributed by atoms with van der Waals surface area (Å²) in [5.74, 6) is 2.63. The van der Waals surface area contributed by atoms with Gasteiger partial charge in [0.2, 0.25) is 0 Å². The first-order valence-corrected chi connectivity index (χ1v) is 3.00. The average Bonchev–Trinajstić information content (AvgIpc) is 2.14. The highest BCUT2D eigenvalue weighted by Gasteiger charge is 1.97.